The van der Waals surface area contributed by atoms with Gasteiger partial charge in [0.1, 0.15) is 15.2 Å². The number of hydrogen-bond donors (Lipinski definition) is 1. The fraction of sp³-hybridized carbons (Fsp3) is 0.500. The Balaban J connectivity index is 2.10. The van der Waals surface area contributed by atoms with E-state index in [4.69, 9.17) is 0 Å². The highest BCUT2D eigenvalue weighted by Crippen LogP contribution is 2.27. The molecule has 6 nitrogen and oxygen atoms in total. The van der Waals surface area contributed by atoms with Crippen molar-refractivity contribution in [1.29, 1.82) is 0 Å². The van der Waals surface area contributed by atoms with E-state index in [0.717, 1.165) is 24.4 Å². The summed E-state index contributed by atoms with van der Waals surface area (Å²) in [5, 5.41) is 13.7. The molecule has 0 saturated carbocycles. The quantitative estimate of drug-likeness (QED) is 0.638. The SMILES string of the molecule is O=[N+]([O-])c1ccc(S(=O)N2CCNCC2)s1. The summed E-state index contributed by atoms with van der Waals surface area (Å²) in [7, 11) is -1.26. The highest BCUT2D eigenvalue weighted by Gasteiger charge is 2.21. The molecule has 1 unspecified atom stereocenters. The molecule has 88 valence electrons. The third-order valence-corrected chi connectivity index (χ3v) is 5.05. The fourth-order valence-electron chi connectivity index (χ4n) is 1.44. The van der Waals surface area contributed by atoms with Crippen LogP contribution in [0.3, 0.4) is 0 Å². The smallest absolute Gasteiger partial charge is 0.314 e. The molecule has 1 fully saturated rings. The first-order chi connectivity index (χ1) is 7.68. The molecule has 1 aliphatic heterocycles. The lowest BCUT2D eigenvalue weighted by atomic mass is 10.4. The molecule has 0 amide bonds. The molecule has 1 aromatic rings. The Morgan fingerprint density at radius 2 is 2.12 bits per heavy atom. The van der Waals surface area contributed by atoms with Gasteiger partial charge in [-0.25, -0.2) is 8.51 Å². The Bertz CT molecular complexity index is 414. The number of nitrogens with zero attached hydrogens (tertiary/aromatic N) is 2. The van der Waals surface area contributed by atoms with Crippen LogP contribution < -0.4 is 5.32 Å². The van der Waals surface area contributed by atoms with Crippen molar-refractivity contribution in [3.8, 4) is 0 Å². The van der Waals surface area contributed by atoms with Crippen LogP contribution in [-0.2, 0) is 11.0 Å². The van der Waals surface area contributed by atoms with Gasteiger partial charge in [0, 0.05) is 32.2 Å². The van der Waals surface area contributed by atoms with Gasteiger partial charge in [0.15, 0.2) is 0 Å². The van der Waals surface area contributed by atoms with Crippen molar-refractivity contribution in [2.24, 2.45) is 0 Å². The Morgan fingerprint density at radius 3 is 2.69 bits per heavy atom. The molecule has 1 aliphatic rings. The van der Waals surface area contributed by atoms with Gasteiger partial charge >= 0.3 is 5.00 Å². The van der Waals surface area contributed by atoms with Crippen LogP contribution >= 0.6 is 11.3 Å². The molecule has 0 aromatic carbocycles. The van der Waals surface area contributed by atoms with Crippen LogP contribution in [0.4, 0.5) is 5.00 Å². The van der Waals surface area contributed by atoms with Gasteiger partial charge in [0.2, 0.25) is 0 Å². The molecule has 0 spiro atoms. The van der Waals surface area contributed by atoms with Crippen molar-refractivity contribution in [1.82, 2.24) is 9.62 Å². The molecular weight excluding hydrogens is 250 g/mol. The number of nitro groups is 1. The van der Waals surface area contributed by atoms with Crippen molar-refractivity contribution < 1.29 is 9.13 Å². The van der Waals surface area contributed by atoms with Crippen LogP contribution in [0.1, 0.15) is 0 Å². The van der Waals surface area contributed by atoms with Crippen LogP contribution in [0.5, 0.6) is 0 Å². The molecule has 1 N–H and O–H groups in total. The van der Waals surface area contributed by atoms with Crippen LogP contribution in [0.15, 0.2) is 16.3 Å². The lowest BCUT2D eigenvalue weighted by Crippen LogP contribution is -2.43. The van der Waals surface area contributed by atoms with Crippen LogP contribution in [0.2, 0.25) is 0 Å². The second-order valence-electron chi connectivity index (χ2n) is 3.28. The molecule has 0 bridgehead atoms. The molecule has 1 atom stereocenters. The summed E-state index contributed by atoms with van der Waals surface area (Å²) in [5.74, 6) is 0. The van der Waals surface area contributed by atoms with Crippen molar-refractivity contribution in [2.75, 3.05) is 26.2 Å². The molecule has 2 rings (SSSR count). The lowest BCUT2D eigenvalue weighted by molar-refractivity contribution is -0.380. The summed E-state index contributed by atoms with van der Waals surface area (Å²) in [6, 6.07) is 2.97. The van der Waals surface area contributed by atoms with E-state index in [9.17, 15) is 14.3 Å². The maximum absolute atomic E-state index is 12.0. The molecular formula is C8H11N3O3S2. The first-order valence-corrected chi connectivity index (χ1v) is 6.72. The molecule has 1 aromatic heterocycles. The van der Waals surface area contributed by atoms with Crippen LogP contribution in [0, 0.1) is 10.1 Å². The summed E-state index contributed by atoms with van der Waals surface area (Å²) >= 11 is 0.981. The second-order valence-corrected chi connectivity index (χ2v) is 6.05. The number of nitrogens with one attached hydrogen (secondary N) is 1. The molecule has 0 radical (unpaired) electrons. The van der Waals surface area contributed by atoms with Gasteiger partial charge in [-0.3, -0.25) is 10.1 Å². The molecule has 0 aliphatic carbocycles. The van der Waals surface area contributed by atoms with Crippen LogP contribution in [-0.4, -0.2) is 39.6 Å². The van der Waals surface area contributed by atoms with Crippen molar-refractivity contribution in [2.45, 2.75) is 4.21 Å². The van der Waals surface area contributed by atoms with E-state index < -0.39 is 15.9 Å². The van der Waals surface area contributed by atoms with Crippen molar-refractivity contribution in [3.63, 3.8) is 0 Å². The molecule has 2 heterocycles. The average molecular weight is 261 g/mol. The summed E-state index contributed by atoms with van der Waals surface area (Å²) in [5.41, 5.74) is 0. The van der Waals surface area contributed by atoms with E-state index in [1.54, 1.807) is 6.07 Å². The van der Waals surface area contributed by atoms with Gasteiger partial charge < -0.3 is 5.32 Å². The van der Waals surface area contributed by atoms with Gasteiger partial charge in [0.05, 0.1) is 4.92 Å². The van der Waals surface area contributed by atoms with E-state index in [2.05, 4.69) is 5.32 Å². The van der Waals surface area contributed by atoms with Gasteiger partial charge in [-0.2, -0.15) is 0 Å². The maximum Gasteiger partial charge on any atom is 0.325 e. The van der Waals surface area contributed by atoms with E-state index in [-0.39, 0.29) is 5.00 Å². The first kappa shape index (κ1) is 11.6. The number of rotatable bonds is 3. The topological polar surface area (TPSA) is 75.5 Å². The Kier molecular flexibility index (Phi) is 3.64. The minimum atomic E-state index is -1.26. The predicted octanol–water partition coefficient (Wildman–Crippen LogP) is 0.584. The summed E-state index contributed by atoms with van der Waals surface area (Å²) in [6.45, 7) is 3.02. The van der Waals surface area contributed by atoms with Gasteiger partial charge in [-0.1, -0.05) is 11.3 Å². The average Bonchev–Trinajstić information content (AvgIpc) is 2.78. The van der Waals surface area contributed by atoms with E-state index in [1.807, 2.05) is 4.31 Å². The minimum Gasteiger partial charge on any atom is -0.314 e. The zero-order valence-electron chi connectivity index (χ0n) is 8.42. The second kappa shape index (κ2) is 5.00. The zero-order valence-corrected chi connectivity index (χ0v) is 10.1. The van der Waals surface area contributed by atoms with E-state index in [1.165, 1.54) is 6.07 Å². The zero-order chi connectivity index (χ0) is 11.5. The summed E-state index contributed by atoms with van der Waals surface area (Å²) in [4.78, 5) is 10.1. The predicted molar refractivity (Wildman–Crippen MR) is 61.8 cm³/mol. The fourth-order valence-corrected chi connectivity index (χ4v) is 3.80. The first-order valence-electron chi connectivity index (χ1n) is 4.80. The Labute approximate surface area is 99.0 Å². The van der Waals surface area contributed by atoms with Gasteiger partial charge in [-0.05, 0) is 6.07 Å². The maximum atomic E-state index is 12.0. The normalized spacial score (nSPS) is 19.5. The standard InChI is InChI=1S/C8H11N3O3S2/c12-11(13)7-1-2-8(15-7)16(14)10-5-3-9-4-6-10/h1-2,9H,3-6H2. The van der Waals surface area contributed by atoms with Gasteiger partial charge in [-0.15, -0.1) is 0 Å². The molecule has 16 heavy (non-hydrogen) atoms. The van der Waals surface area contributed by atoms with E-state index >= 15 is 0 Å². The lowest BCUT2D eigenvalue weighted by Gasteiger charge is -2.24. The van der Waals surface area contributed by atoms with E-state index in [0.29, 0.717) is 17.3 Å². The summed E-state index contributed by atoms with van der Waals surface area (Å²) in [6.07, 6.45) is 0. The Hall–Kier alpha value is -0.830. The summed E-state index contributed by atoms with van der Waals surface area (Å²) < 4.78 is 14.4. The number of thiophene rings is 1. The highest BCUT2D eigenvalue weighted by atomic mass is 32.2. The van der Waals surface area contributed by atoms with Crippen molar-refractivity contribution >= 4 is 27.3 Å². The largest absolute Gasteiger partial charge is 0.325 e. The van der Waals surface area contributed by atoms with Crippen LogP contribution in [0.25, 0.3) is 0 Å². The Morgan fingerprint density at radius 1 is 1.44 bits per heavy atom. The molecule has 8 heteroatoms. The van der Waals surface area contributed by atoms with Gasteiger partial charge in [0.25, 0.3) is 0 Å². The third kappa shape index (κ3) is 2.46. The number of piperazine rings is 1. The molecule has 1 saturated heterocycles. The monoisotopic (exact) mass is 261 g/mol. The number of hydrogen-bond acceptors (Lipinski definition) is 5. The van der Waals surface area contributed by atoms with Crippen molar-refractivity contribution in [3.05, 3.63) is 22.2 Å². The highest BCUT2D eigenvalue weighted by molar-refractivity contribution is 7.85. The minimum absolute atomic E-state index is 0.0403. The third-order valence-electron chi connectivity index (χ3n) is 2.23.